The number of benzene rings is 2. The molecule has 2 aromatic carbocycles. The summed E-state index contributed by atoms with van der Waals surface area (Å²) in [4.78, 5) is 44.3. The number of para-hydroxylation sites is 1. The molecule has 10 heteroatoms. The van der Waals surface area contributed by atoms with Crippen molar-refractivity contribution >= 4 is 35.2 Å². The van der Waals surface area contributed by atoms with E-state index in [1.807, 2.05) is 31.2 Å². The molecule has 2 heterocycles. The molecule has 2 N–H and O–H groups in total. The molecular weight excluding hydrogens is 446 g/mol. The second-order valence-corrected chi connectivity index (χ2v) is 8.12. The van der Waals surface area contributed by atoms with Gasteiger partial charge in [0.2, 0.25) is 0 Å². The van der Waals surface area contributed by atoms with Crippen molar-refractivity contribution in [2.24, 2.45) is 0 Å². The van der Waals surface area contributed by atoms with E-state index in [4.69, 9.17) is 16.7 Å². The number of aliphatic carboxylic acids is 1. The molecule has 0 unspecified atom stereocenters. The molecule has 0 bridgehead atoms. The Morgan fingerprint density at radius 3 is 2.70 bits per heavy atom. The molecule has 4 rings (SSSR count). The van der Waals surface area contributed by atoms with Crippen molar-refractivity contribution in [2.45, 2.75) is 19.5 Å². The molecule has 1 aliphatic heterocycles. The number of aromatic nitrogens is 2. The number of hydrogen-bond donors (Lipinski definition) is 2. The number of carbonyl (C=O) groups excluding carboxylic acids is 2. The first-order chi connectivity index (χ1) is 15.8. The number of amides is 3. The number of imidazole rings is 1. The van der Waals surface area contributed by atoms with Crippen molar-refractivity contribution in [3.63, 3.8) is 0 Å². The standard InChI is InChI=1S/C23H22ClN5O4/c1-15-12-29(22(32)18-7-6-17(10-19(18)24)27-9-8-25-14-27)20-5-3-2-4-16(20)13-28(15)23(33)26-11-21(30)31/h2-10,14-15H,11-13H2,1H3,(H,26,33)(H,30,31)/t15-/m1/s1. The van der Waals surface area contributed by atoms with E-state index in [9.17, 15) is 14.4 Å². The highest BCUT2D eigenvalue weighted by Crippen LogP contribution is 2.30. The first kappa shape index (κ1) is 22.3. The van der Waals surface area contributed by atoms with E-state index in [1.165, 1.54) is 4.90 Å². The molecule has 0 aliphatic carbocycles. The molecule has 0 saturated heterocycles. The van der Waals surface area contributed by atoms with Gasteiger partial charge in [-0.05, 0) is 36.8 Å². The average Bonchev–Trinajstić information content (AvgIpc) is 3.29. The Kier molecular flexibility index (Phi) is 6.32. The molecule has 1 atom stereocenters. The van der Waals surface area contributed by atoms with Crippen molar-refractivity contribution in [3.8, 4) is 5.69 Å². The minimum absolute atomic E-state index is 0.218. The number of carboxylic acids is 1. The molecule has 9 nitrogen and oxygen atoms in total. The fourth-order valence-electron chi connectivity index (χ4n) is 3.82. The topological polar surface area (TPSA) is 108 Å². The third kappa shape index (κ3) is 4.68. The van der Waals surface area contributed by atoms with Gasteiger partial charge in [-0.2, -0.15) is 0 Å². The van der Waals surface area contributed by atoms with Gasteiger partial charge in [0.25, 0.3) is 5.91 Å². The van der Waals surface area contributed by atoms with Gasteiger partial charge in [-0.15, -0.1) is 0 Å². The highest BCUT2D eigenvalue weighted by molar-refractivity contribution is 6.34. The van der Waals surface area contributed by atoms with Gasteiger partial charge in [0.05, 0.1) is 16.9 Å². The van der Waals surface area contributed by atoms with Crippen LogP contribution in [0.5, 0.6) is 0 Å². The molecule has 170 valence electrons. The summed E-state index contributed by atoms with van der Waals surface area (Å²) in [6, 6.07) is 11.6. The fourth-order valence-corrected chi connectivity index (χ4v) is 4.08. The van der Waals surface area contributed by atoms with E-state index in [-0.39, 0.29) is 25.0 Å². The third-order valence-corrected chi connectivity index (χ3v) is 5.80. The summed E-state index contributed by atoms with van der Waals surface area (Å²) in [5.41, 5.74) is 2.57. The summed E-state index contributed by atoms with van der Waals surface area (Å²) in [5.74, 6) is -1.42. The molecule has 0 radical (unpaired) electrons. The summed E-state index contributed by atoms with van der Waals surface area (Å²) in [7, 11) is 0. The highest BCUT2D eigenvalue weighted by atomic mass is 35.5. The third-order valence-electron chi connectivity index (χ3n) is 5.48. The minimum atomic E-state index is -1.13. The average molecular weight is 468 g/mol. The van der Waals surface area contributed by atoms with Crippen LogP contribution in [0.4, 0.5) is 10.5 Å². The number of anilines is 1. The molecule has 0 spiro atoms. The van der Waals surface area contributed by atoms with Crippen molar-refractivity contribution in [2.75, 3.05) is 18.0 Å². The minimum Gasteiger partial charge on any atom is -0.480 e. The second kappa shape index (κ2) is 9.33. The Balaban J connectivity index is 1.64. The quantitative estimate of drug-likeness (QED) is 0.612. The summed E-state index contributed by atoms with van der Waals surface area (Å²) in [6.07, 6.45) is 5.08. The molecule has 0 fully saturated rings. The largest absolute Gasteiger partial charge is 0.480 e. The van der Waals surface area contributed by atoms with E-state index in [2.05, 4.69) is 10.3 Å². The van der Waals surface area contributed by atoms with Crippen LogP contribution in [0.2, 0.25) is 5.02 Å². The van der Waals surface area contributed by atoms with Crippen LogP contribution >= 0.6 is 11.6 Å². The zero-order chi connectivity index (χ0) is 23.5. The predicted octanol–water partition coefficient (Wildman–Crippen LogP) is 3.17. The number of carboxylic acid groups (broad SMARTS) is 1. The van der Waals surface area contributed by atoms with Crippen LogP contribution in [0.25, 0.3) is 5.69 Å². The van der Waals surface area contributed by atoms with Gasteiger partial charge < -0.3 is 24.8 Å². The maximum absolute atomic E-state index is 13.6. The number of halogens is 1. The van der Waals surface area contributed by atoms with E-state index in [1.54, 1.807) is 46.4 Å². The zero-order valence-electron chi connectivity index (χ0n) is 17.8. The lowest BCUT2D eigenvalue weighted by atomic mass is 10.1. The summed E-state index contributed by atoms with van der Waals surface area (Å²) in [6.45, 7) is 1.79. The van der Waals surface area contributed by atoms with Gasteiger partial charge in [-0.1, -0.05) is 29.8 Å². The van der Waals surface area contributed by atoms with Gasteiger partial charge in [0.1, 0.15) is 6.54 Å². The molecule has 1 aliphatic rings. The van der Waals surface area contributed by atoms with E-state index in [0.29, 0.717) is 16.3 Å². The summed E-state index contributed by atoms with van der Waals surface area (Å²) < 4.78 is 1.79. The summed E-state index contributed by atoms with van der Waals surface area (Å²) in [5, 5.41) is 11.6. The number of fused-ring (bicyclic) bond motifs is 1. The van der Waals surface area contributed by atoms with E-state index >= 15 is 0 Å². The number of nitrogens with one attached hydrogen (secondary N) is 1. The van der Waals surface area contributed by atoms with E-state index in [0.717, 1.165) is 11.3 Å². The zero-order valence-corrected chi connectivity index (χ0v) is 18.6. The smallest absolute Gasteiger partial charge is 0.323 e. The van der Waals surface area contributed by atoms with Crippen molar-refractivity contribution in [1.82, 2.24) is 19.8 Å². The molecule has 3 aromatic rings. The Morgan fingerprint density at radius 1 is 1.21 bits per heavy atom. The molecule has 33 heavy (non-hydrogen) atoms. The van der Waals surface area contributed by atoms with Crippen LogP contribution in [0.3, 0.4) is 0 Å². The Labute approximate surface area is 195 Å². The van der Waals surface area contributed by atoms with Gasteiger partial charge in [0.15, 0.2) is 0 Å². The van der Waals surface area contributed by atoms with Crippen LogP contribution in [-0.4, -0.2) is 56.6 Å². The second-order valence-electron chi connectivity index (χ2n) is 7.71. The first-order valence-electron chi connectivity index (χ1n) is 10.3. The van der Waals surface area contributed by atoms with Gasteiger partial charge in [-0.3, -0.25) is 9.59 Å². The fraction of sp³-hybridized carbons (Fsp3) is 0.217. The Hall–Kier alpha value is -3.85. The maximum Gasteiger partial charge on any atom is 0.323 e. The SMILES string of the molecule is C[C@@H]1CN(C(=O)c2ccc(-n3ccnc3)cc2Cl)c2ccccc2CN1C(=O)NCC(=O)O. The van der Waals surface area contributed by atoms with Crippen molar-refractivity contribution in [3.05, 3.63) is 77.3 Å². The van der Waals surface area contributed by atoms with Crippen molar-refractivity contribution < 1.29 is 19.5 Å². The lowest BCUT2D eigenvalue weighted by Gasteiger charge is -2.29. The number of carbonyl (C=O) groups is 3. The van der Waals surface area contributed by atoms with Crippen LogP contribution in [0, 0.1) is 0 Å². The van der Waals surface area contributed by atoms with Crippen molar-refractivity contribution in [1.29, 1.82) is 0 Å². The number of urea groups is 1. The molecule has 1 aromatic heterocycles. The van der Waals surface area contributed by atoms with Crippen LogP contribution in [0.15, 0.2) is 61.2 Å². The van der Waals surface area contributed by atoms with E-state index < -0.39 is 18.5 Å². The summed E-state index contributed by atoms with van der Waals surface area (Å²) >= 11 is 6.50. The number of rotatable bonds is 4. The Morgan fingerprint density at radius 2 is 2.00 bits per heavy atom. The normalized spacial score (nSPS) is 15.5. The lowest BCUT2D eigenvalue weighted by molar-refractivity contribution is -0.135. The maximum atomic E-state index is 13.6. The van der Waals surface area contributed by atoms with Gasteiger partial charge in [0, 0.05) is 42.9 Å². The molecule has 3 amide bonds. The Bertz CT molecular complexity index is 1200. The van der Waals surface area contributed by atoms with Gasteiger partial charge in [-0.25, -0.2) is 9.78 Å². The highest BCUT2D eigenvalue weighted by Gasteiger charge is 2.32. The molecular formula is C23H22ClN5O4. The number of nitrogens with zero attached hydrogens (tertiary/aromatic N) is 4. The monoisotopic (exact) mass is 467 g/mol. The molecule has 0 saturated carbocycles. The van der Waals surface area contributed by atoms with Crippen LogP contribution in [-0.2, 0) is 11.3 Å². The van der Waals surface area contributed by atoms with Crippen LogP contribution in [0.1, 0.15) is 22.8 Å². The predicted molar refractivity (Wildman–Crippen MR) is 123 cm³/mol. The first-order valence-corrected chi connectivity index (χ1v) is 10.7. The lowest BCUT2D eigenvalue weighted by Crippen LogP contribution is -2.49. The number of hydrogen-bond acceptors (Lipinski definition) is 4. The van der Waals surface area contributed by atoms with Crippen LogP contribution < -0.4 is 10.2 Å². The van der Waals surface area contributed by atoms with Gasteiger partial charge >= 0.3 is 12.0 Å².